The van der Waals surface area contributed by atoms with E-state index in [0.717, 1.165) is 6.07 Å². The van der Waals surface area contributed by atoms with Crippen molar-refractivity contribution in [2.45, 2.75) is 6.92 Å². The van der Waals surface area contributed by atoms with Crippen LogP contribution in [0, 0.1) is 0 Å². The third-order valence-corrected chi connectivity index (χ3v) is 4.14. The maximum atomic E-state index is 12.8. The smallest absolute Gasteiger partial charge is 0.196 e. The molecule has 28 heavy (non-hydrogen) atoms. The maximum absolute atomic E-state index is 12.8. The molecule has 0 aliphatic heterocycles. The van der Waals surface area contributed by atoms with E-state index in [1.165, 1.54) is 42.5 Å². The summed E-state index contributed by atoms with van der Waals surface area (Å²) in [5.74, 6) is -1.24. The van der Waals surface area contributed by atoms with Gasteiger partial charge in [-0.15, -0.1) is 0 Å². The fourth-order valence-corrected chi connectivity index (χ4v) is 2.78. The Morgan fingerprint density at radius 3 is 1.89 bits per heavy atom. The molecule has 6 nitrogen and oxygen atoms in total. The number of ether oxygens (including phenoxy) is 1. The molecule has 3 N–H and O–H groups in total. The maximum Gasteiger partial charge on any atom is 0.196 e. The molecule has 0 atom stereocenters. The number of benzene rings is 3. The zero-order chi connectivity index (χ0) is 20.3. The Morgan fingerprint density at radius 2 is 1.36 bits per heavy atom. The zero-order valence-electron chi connectivity index (χ0n) is 15.0. The van der Waals surface area contributed by atoms with Crippen LogP contribution in [-0.4, -0.2) is 33.5 Å². The lowest BCUT2D eigenvalue weighted by atomic mass is 9.96. The van der Waals surface area contributed by atoms with Gasteiger partial charge in [-0.1, -0.05) is 18.2 Å². The standard InChI is InChI=1S/C22H18O6/c1-2-28-16-7-9-18(20(25)12-16)22(27)14-5-3-4-13(10-14)21(26)17-8-6-15(23)11-19(17)24/h3-12,23-25H,2H2,1H3. The van der Waals surface area contributed by atoms with Gasteiger partial charge in [0.05, 0.1) is 17.7 Å². The first-order valence-corrected chi connectivity index (χ1v) is 8.58. The summed E-state index contributed by atoms with van der Waals surface area (Å²) in [6.45, 7) is 2.24. The first kappa shape index (κ1) is 19.0. The number of phenolic OH excluding ortho intramolecular Hbond substituents is 3. The molecule has 142 valence electrons. The Labute approximate surface area is 161 Å². The van der Waals surface area contributed by atoms with Crippen molar-refractivity contribution in [2.24, 2.45) is 0 Å². The van der Waals surface area contributed by atoms with E-state index in [4.69, 9.17) is 4.74 Å². The van der Waals surface area contributed by atoms with Gasteiger partial charge in [0.15, 0.2) is 11.6 Å². The van der Waals surface area contributed by atoms with Crippen LogP contribution in [0.1, 0.15) is 38.8 Å². The number of aromatic hydroxyl groups is 3. The van der Waals surface area contributed by atoms with Gasteiger partial charge in [0.1, 0.15) is 23.0 Å². The van der Waals surface area contributed by atoms with Gasteiger partial charge in [0, 0.05) is 23.3 Å². The Balaban J connectivity index is 1.93. The molecule has 3 rings (SSSR count). The summed E-state index contributed by atoms with van der Waals surface area (Å²) in [6, 6.07) is 14.1. The van der Waals surface area contributed by atoms with E-state index in [9.17, 15) is 24.9 Å². The van der Waals surface area contributed by atoms with Crippen molar-refractivity contribution in [3.8, 4) is 23.0 Å². The summed E-state index contributed by atoms with van der Waals surface area (Å²) >= 11 is 0. The summed E-state index contributed by atoms with van der Waals surface area (Å²) in [6.07, 6.45) is 0. The van der Waals surface area contributed by atoms with E-state index in [2.05, 4.69) is 0 Å². The van der Waals surface area contributed by atoms with Crippen molar-refractivity contribution in [1.29, 1.82) is 0 Å². The predicted molar refractivity (Wildman–Crippen MR) is 102 cm³/mol. The molecule has 3 aromatic carbocycles. The van der Waals surface area contributed by atoms with Crippen LogP contribution in [0.15, 0.2) is 60.7 Å². The molecule has 0 unspecified atom stereocenters. The lowest BCUT2D eigenvalue weighted by molar-refractivity contribution is 0.103. The van der Waals surface area contributed by atoms with Crippen molar-refractivity contribution in [3.63, 3.8) is 0 Å². The molecule has 0 saturated heterocycles. The molecule has 0 aliphatic carbocycles. The van der Waals surface area contributed by atoms with Gasteiger partial charge >= 0.3 is 0 Å². The van der Waals surface area contributed by atoms with Crippen LogP contribution in [0.2, 0.25) is 0 Å². The molecule has 0 radical (unpaired) electrons. The zero-order valence-corrected chi connectivity index (χ0v) is 15.0. The number of hydrogen-bond donors (Lipinski definition) is 3. The number of hydrogen-bond acceptors (Lipinski definition) is 6. The molecule has 0 bridgehead atoms. The van der Waals surface area contributed by atoms with Crippen molar-refractivity contribution in [1.82, 2.24) is 0 Å². The third kappa shape index (κ3) is 3.81. The number of ketones is 2. The summed E-state index contributed by atoms with van der Waals surface area (Å²) in [5.41, 5.74) is 0.493. The number of carbonyl (C=O) groups excluding carboxylic acids is 2. The minimum atomic E-state index is -0.497. The first-order valence-electron chi connectivity index (χ1n) is 8.58. The third-order valence-electron chi connectivity index (χ3n) is 4.14. The summed E-state index contributed by atoms with van der Waals surface area (Å²) in [5, 5.41) is 29.4. The Hall–Kier alpha value is -3.80. The number of carbonyl (C=O) groups is 2. The Bertz CT molecular complexity index is 1050. The average molecular weight is 378 g/mol. The number of rotatable bonds is 6. The van der Waals surface area contributed by atoms with Crippen LogP contribution < -0.4 is 4.74 Å². The van der Waals surface area contributed by atoms with Gasteiger partial charge in [-0.05, 0) is 37.3 Å². The monoisotopic (exact) mass is 378 g/mol. The van der Waals surface area contributed by atoms with E-state index in [-0.39, 0.29) is 39.5 Å². The number of phenols is 3. The Kier molecular flexibility index (Phi) is 5.31. The summed E-state index contributed by atoms with van der Waals surface area (Å²) in [4.78, 5) is 25.4. The highest BCUT2D eigenvalue weighted by atomic mass is 16.5. The van der Waals surface area contributed by atoms with E-state index in [1.807, 2.05) is 6.92 Å². The molecule has 0 amide bonds. The van der Waals surface area contributed by atoms with Crippen LogP contribution in [0.3, 0.4) is 0 Å². The molecule has 0 saturated carbocycles. The second-order valence-corrected chi connectivity index (χ2v) is 6.05. The van der Waals surface area contributed by atoms with Crippen LogP contribution in [-0.2, 0) is 0 Å². The van der Waals surface area contributed by atoms with Gasteiger partial charge < -0.3 is 20.1 Å². The molecule has 0 heterocycles. The quantitative estimate of drug-likeness (QED) is 0.566. The lowest BCUT2D eigenvalue weighted by Crippen LogP contribution is -2.06. The first-order chi connectivity index (χ1) is 13.4. The second kappa shape index (κ2) is 7.84. The highest BCUT2D eigenvalue weighted by Gasteiger charge is 2.18. The molecule has 0 spiro atoms. The topological polar surface area (TPSA) is 104 Å². The van der Waals surface area contributed by atoms with Crippen LogP contribution in [0.25, 0.3) is 0 Å². The van der Waals surface area contributed by atoms with Gasteiger partial charge in [-0.25, -0.2) is 0 Å². The SMILES string of the molecule is CCOc1ccc(C(=O)c2cccc(C(=O)c3ccc(O)cc3O)c2)c(O)c1. The molecule has 0 aromatic heterocycles. The summed E-state index contributed by atoms with van der Waals surface area (Å²) < 4.78 is 5.29. The molecular weight excluding hydrogens is 360 g/mol. The highest BCUT2D eigenvalue weighted by molar-refractivity contribution is 6.14. The molecular formula is C22H18O6. The van der Waals surface area contributed by atoms with Crippen molar-refractivity contribution in [2.75, 3.05) is 6.61 Å². The lowest BCUT2D eigenvalue weighted by Gasteiger charge is -2.09. The largest absolute Gasteiger partial charge is 0.508 e. The van der Waals surface area contributed by atoms with Crippen molar-refractivity contribution in [3.05, 3.63) is 82.9 Å². The van der Waals surface area contributed by atoms with Gasteiger partial charge in [-0.3, -0.25) is 9.59 Å². The van der Waals surface area contributed by atoms with Crippen LogP contribution >= 0.6 is 0 Å². The minimum Gasteiger partial charge on any atom is -0.508 e. The molecule has 0 aliphatic rings. The van der Waals surface area contributed by atoms with E-state index >= 15 is 0 Å². The summed E-state index contributed by atoms with van der Waals surface area (Å²) in [7, 11) is 0. The van der Waals surface area contributed by atoms with Gasteiger partial charge in [-0.2, -0.15) is 0 Å². The van der Waals surface area contributed by atoms with Crippen molar-refractivity contribution < 1.29 is 29.6 Å². The Morgan fingerprint density at radius 1 is 0.786 bits per heavy atom. The normalized spacial score (nSPS) is 10.5. The van der Waals surface area contributed by atoms with Gasteiger partial charge in [0.2, 0.25) is 0 Å². The van der Waals surface area contributed by atoms with E-state index in [0.29, 0.717) is 12.4 Å². The van der Waals surface area contributed by atoms with E-state index < -0.39 is 11.6 Å². The van der Waals surface area contributed by atoms with Gasteiger partial charge in [0.25, 0.3) is 0 Å². The van der Waals surface area contributed by atoms with Crippen molar-refractivity contribution >= 4 is 11.6 Å². The highest BCUT2D eigenvalue weighted by Crippen LogP contribution is 2.28. The molecule has 3 aromatic rings. The van der Waals surface area contributed by atoms with Crippen LogP contribution in [0.4, 0.5) is 0 Å². The predicted octanol–water partition coefficient (Wildman–Crippen LogP) is 3.66. The minimum absolute atomic E-state index is 0.00585. The van der Waals surface area contributed by atoms with E-state index in [1.54, 1.807) is 12.1 Å². The average Bonchev–Trinajstić information content (AvgIpc) is 2.67. The van der Waals surface area contributed by atoms with Crippen LogP contribution in [0.5, 0.6) is 23.0 Å². The second-order valence-electron chi connectivity index (χ2n) is 6.05. The fourth-order valence-electron chi connectivity index (χ4n) is 2.78. The fraction of sp³-hybridized carbons (Fsp3) is 0.0909. The molecule has 0 fully saturated rings. The molecule has 6 heteroatoms.